The second-order valence-corrected chi connectivity index (χ2v) is 4.97. The number of piperazine rings is 1. The summed E-state index contributed by atoms with van der Waals surface area (Å²) in [6, 6.07) is 3.55. The smallest absolute Gasteiger partial charge is 0.131 e. The van der Waals surface area contributed by atoms with Crippen molar-refractivity contribution in [2.24, 2.45) is 0 Å². The fraction of sp³-hybridized carbons (Fsp3) is 0.600. The van der Waals surface area contributed by atoms with Crippen LogP contribution in [-0.4, -0.2) is 50.4 Å². The summed E-state index contributed by atoms with van der Waals surface area (Å²) >= 11 is 0. The molecule has 0 spiro atoms. The van der Waals surface area contributed by atoms with Crippen LogP contribution in [0.1, 0.15) is 24.9 Å². The zero-order valence-electron chi connectivity index (χ0n) is 12.5. The van der Waals surface area contributed by atoms with Crippen molar-refractivity contribution in [1.82, 2.24) is 10.2 Å². The predicted octanol–water partition coefficient (Wildman–Crippen LogP) is 1.77. The second kappa shape index (κ2) is 6.81. The fourth-order valence-corrected chi connectivity index (χ4v) is 2.89. The molecule has 2 N–H and O–H groups in total. The minimum absolute atomic E-state index is 0.164. The van der Waals surface area contributed by atoms with E-state index in [-0.39, 0.29) is 11.8 Å². The van der Waals surface area contributed by atoms with Crippen LogP contribution in [0, 0.1) is 0 Å². The molecule has 0 aromatic heterocycles. The molecule has 0 unspecified atom stereocenters. The Kier molecular flexibility index (Phi) is 5.09. The zero-order valence-corrected chi connectivity index (χ0v) is 12.5. The van der Waals surface area contributed by atoms with Gasteiger partial charge in [-0.25, -0.2) is 0 Å². The van der Waals surface area contributed by atoms with Gasteiger partial charge in [-0.15, -0.1) is 0 Å². The standard InChI is InChI=1S/C15H24N2O3/c1-4-12(17-7-5-16-6-8-17)15-13(19-2)9-11(18)10-14(15)20-3/h9-10,12,16,18H,4-8H2,1-3H3/t12-/m1/s1. The SMILES string of the molecule is CC[C@H](c1c(OC)cc(O)cc1OC)N1CCNCC1. The van der Waals surface area contributed by atoms with Crippen molar-refractivity contribution < 1.29 is 14.6 Å². The van der Waals surface area contributed by atoms with Gasteiger partial charge >= 0.3 is 0 Å². The summed E-state index contributed by atoms with van der Waals surface area (Å²) in [6.45, 7) is 6.17. The molecule has 1 atom stereocenters. The zero-order chi connectivity index (χ0) is 14.5. The number of nitrogens with zero attached hydrogens (tertiary/aromatic N) is 1. The van der Waals surface area contributed by atoms with Crippen LogP contribution in [0.5, 0.6) is 17.2 Å². The second-order valence-electron chi connectivity index (χ2n) is 4.97. The van der Waals surface area contributed by atoms with Crippen LogP contribution >= 0.6 is 0 Å². The van der Waals surface area contributed by atoms with Crippen LogP contribution in [0.15, 0.2) is 12.1 Å². The molecule has 5 heteroatoms. The number of aromatic hydroxyl groups is 1. The molecule has 2 rings (SSSR count). The number of methoxy groups -OCH3 is 2. The number of benzene rings is 1. The highest BCUT2D eigenvalue weighted by Gasteiger charge is 2.27. The monoisotopic (exact) mass is 280 g/mol. The quantitative estimate of drug-likeness (QED) is 0.861. The molecule has 112 valence electrons. The first-order valence-electron chi connectivity index (χ1n) is 7.10. The lowest BCUT2D eigenvalue weighted by Gasteiger charge is -2.35. The summed E-state index contributed by atoms with van der Waals surface area (Å²) in [4.78, 5) is 2.44. The maximum Gasteiger partial charge on any atom is 0.131 e. The third kappa shape index (κ3) is 2.99. The fourth-order valence-electron chi connectivity index (χ4n) is 2.89. The molecule has 1 aromatic rings. The summed E-state index contributed by atoms with van der Waals surface area (Å²) < 4.78 is 10.9. The lowest BCUT2D eigenvalue weighted by atomic mass is 9.99. The highest BCUT2D eigenvalue weighted by atomic mass is 16.5. The van der Waals surface area contributed by atoms with Gasteiger partial charge in [0.25, 0.3) is 0 Å². The average molecular weight is 280 g/mol. The van der Waals surface area contributed by atoms with Gasteiger partial charge < -0.3 is 19.9 Å². The van der Waals surface area contributed by atoms with Crippen LogP contribution in [0.3, 0.4) is 0 Å². The van der Waals surface area contributed by atoms with E-state index in [1.54, 1.807) is 26.4 Å². The average Bonchev–Trinajstić information content (AvgIpc) is 2.49. The van der Waals surface area contributed by atoms with Crippen molar-refractivity contribution >= 4 is 0 Å². The van der Waals surface area contributed by atoms with E-state index >= 15 is 0 Å². The Morgan fingerprint density at radius 2 is 1.75 bits per heavy atom. The summed E-state index contributed by atoms with van der Waals surface area (Å²) in [7, 11) is 3.25. The van der Waals surface area contributed by atoms with Crippen LogP contribution in [0.25, 0.3) is 0 Å². The van der Waals surface area contributed by atoms with Crippen LogP contribution in [0.2, 0.25) is 0 Å². The normalized spacial score (nSPS) is 17.8. The summed E-state index contributed by atoms with van der Waals surface area (Å²) in [5.41, 5.74) is 1.03. The van der Waals surface area contributed by atoms with Crippen molar-refractivity contribution in [2.75, 3.05) is 40.4 Å². The molecule has 1 aliphatic heterocycles. The van der Waals surface area contributed by atoms with E-state index in [0.717, 1.165) is 38.2 Å². The van der Waals surface area contributed by atoms with Crippen molar-refractivity contribution in [2.45, 2.75) is 19.4 Å². The van der Waals surface area contributed by atoms with Crippen LogP contribution in [0.4, 0.5) is 0 Å². The van der Waals surface area contributed by atoms with E-state index in [2.05, 4.69) is 17.1 Å². The van der Waals surface area contributed by atoms with Crippen LogP contribution in [-0.2, 0) is 0 Å². The molecular weight excluding hydrogens is 256 g/mol. The summed E-state index contributed by atoms with van der Waals surface area (Å²) in [6.07, 6.45) is 0.970. The first-order valence-corrected chi connectivity index (χ1v) is 7.10. The Labute approximate surface area is 120 Å². The molecule has 0 aliphatic carbocycles. The number of ether oxygens (including phenoxy) is 2. The number of nitrogens with one attached hydrogen (secondary N) is 1. The van der Waals surface area contributed by atoms with E-state index in [0.29, 0.717) is 11.5 Å². The van der Waals surface area contributed by atoms with Gasteiger partial charge in [-0.2, -0.15) is 0 Å². The number of hydrogen-bond donors (Lipinski definition) is 2. The van der Waals surface area contributed by atoms with Gasteiger partial charge in [0.2, 0.25) is 0 Å². The maximum atomic E-state index is 9.76. The lowest BCUT2D eigenvalue weighted by molar-refractivity contribution is 0.163. The number of rotatable bonds is 5. The van der Waals surface area contributed by atoms with E-state index in [9.17, 15) is 5.11 Å². The Bertz CT molecular complexity index is 420. The van der Waals surface area contributed by atoms with Gasteiger partial charge in [-0.05, 0) is 6.42 Å². The molecule has 1 heterocycles. The highest BCUT2D eigenvalue weighted by molar-refractivity contribution is 5.52. The molecule has 0 saturated carbocycles. The molecule has 1 saturated heterocycles. The first-order chi connectivity index (χ1) is 9.71. The highest BCUT2D eigenvalue weighted by Crippen LogP contribution is 2.41. The number of phenolic OH excluding ortho intramolecular Hbond substituents is 1. The van der Waals surface area contributed by atoms with Crippen LogP contribution < -0.4 is 14.8 Å². The minimum Gasteiger partial charge on any atom is -0.508 e. The third-order valence-electron chi connectivity index (χ3n) is 3.84. The Hall–Kier alpha value is -1.46. The van der Waals surface area contributed by atoms with Crippen molar-refractivity contribution in [3.05, 3.63) is 17.7 Å². The Balaban J connectivity index is 2.41. The largest absolute Gasteiger partial charge is 0.508 e. The molecule has 1 aliphatic rings. The molecule has 1 aromatic carbocycles. The maximum absolute atomic E-state index is 9.76. The molecule has 0 bridgehead atoms. The van der Waals surface area contributed by atoms with Crippen molar-refractivity contribution in [3.8, 4) is 17.2 Å². The topological polar surface area (TPSA) is 54.0 Å². The molecule has 20 heavy (non-hydrogen) atoms. The predicted molar refractivity (Wildman–Crippen MR) is 78.7 cm³/mol. The third-order valence-corrected chi connectivity index (χ3v) is 3.84. The van der Waals surface area contributed by atoms with E-state index < -0.39 is 0 Å². The summed E-state index contributed by atoms with van der Waals surface area (Å²) in [5.74, 6) is 1.54. The number of hydrogen-bond acceptors (Lipinski definition) is 5. The van der Waals surface area contributed by atoms with E-state index in [1.807, 2.05) is 0 Å². The van der Waals surface area contributed by atoms with E-state index in [4.69, 9.17) is 9.47 Å². The van der Waals surface area contributed by atoms with Crippen molar-refractivity contribution in [3.63, 3.8) is 0 Å². The number of phenols is 1. The lowest BCUT2D eigenvalue weighted by Crippen LogP contribution is -2.45. The molecule has 0 radical (unpaired) electrons. The van der Waals surface area contributed by atoms with Gasteiger partial charge in [0.15, 0.2) is 0 Å². The van der Waals surface area contributed by atoms with Crippen molar-refractivity contribution in [1.29, 1.82) is 0 Å². The van der Waals surface area contributed by atoms with Gasteiger partial charge in [-0.3, -0.25) is 4.90 Å². The van der Waals surface area contributed by atoms with Gasteiger partial charge in [0, 0.05) is 44.4 Å². The first kappa shape index (κ1) is 14.9. The molecule has 0 amide bonds. The Morgan fingerprint density at radius 3 is 2.20 bits per heavy atom. The molecule has 5 nitrogen and oxygen atoms in total. The van der Waals surface area contributed by atoms with E-state index in [1.165, 1.54) is 0 Å². The minimum atomic E-state index is 0.164. The van der Waals surface area contributed by atoms with Gasteiger partial charge in [-0.1, -0.05) is 6.92 Å². The van der Waals surface area contributed by atoms with Gasteiger partial charge in [0.05, 0.1) is 19.8 Å². The Morgan fingerprint density at radius 1 is 1.20 bits per heavy atom. The van der Waals surface area contributed by atoms with Gasteiger partial charge in [0.1, 0.15) is 17.2 Å². The molecule has 1 fully saturated rings. The molecular formula is C15H24N2O3. The summed E-state index contributed by atoms with van der Waals surface area (Å²) in [5, 5.41) is 13.1.